The highest BCUT2D eigenvalue weighted by Gasteiger charge is 2.31. The van der Waals surface area contributed by atoms with E-state index in [9.17, 15) is 19.1 Å². The molecular weight excluding hydrogens is 493 g/mol. The first-order valence-corrected chi connectivity index (χ1v) is 13.6. The predicted molar refractivity (Wildman–Crippen MR) is 143 cm³/mol. The lowest BCUT2D eigenvalue weighted by atomic mass is 9.97. The number of benzene rings is 2. The van der Waals surface area contributed by atoms with Crippen molar-refractivity contribution >= 4 is 28.3 Å². The number of hydrogen-bond acceptors (Lipinski definition) is 4. The number of fused-ring (bicyclic) bond motifs is 1. The summed E-state index contributed by atoms with van der Waals surface area (Å²) in [6.07, 6.45) is 3.80. The van der Waals surface area contributed by atoms with E-state index in [0.29, 0.717) is 58.9 Å². The number of aliphatic hydroxyl groups excluding tert-OH is 1. The van der Waals surface area contributed by atoms with E-state index >= 15 is 0 Å². The van der Waals surface area contributed by atoms with E-state index < -0.39 is 6.23 Å². The van der Waals surface area contributed by atoms with E-state index in [1.807, 2.05) is 13.0 Å². The van der Waals surface area contributed by atoms with Gasteiger partial charge in [-0.2, -0.15) is 0 Å². The van der Waals surface area contributed by atoms with Crippen molar-refractivity contribution < 1.29 is 14.3 Å². The SMILES string of the molecule is CCCn1c(CN2CCCC2=O)c(C(O)N[C@@H](CC2CC2)c2cccc(F)c2)c2cccc(Cl)c2c1=O. The molecule has 0 radical (unpaired) electrons. The van der Waals surface area contributed by atoms with Crippen LogP contribution in [0.25, 0.3) is 10.8 Å². The molecule has 2 N–H and O–H groups in total. The first-order valence-electron chi connectivity index (χ1n) is 13.2. The molecule has 1 aliphatic carbocycles. The number of likely N-dealkylation sites (tertiary alicyclic amines) is 1. The third-order valence-corrected chi connectivity index (χ3v) is 7.82. The van der Waals surface area contributed by atoms with Crippen molar-refractivity contribution in [1.29, 1.82) is 0 Å². The molecule has 0 bridgehead atoms. The number of nitrogens with zero attached hydrogens (tertiary/aromatic N) is 2. The molecule has 8 heteroatoms. The molecule has 1 aliphatic heterocycles. The first kappa shape index (κ1) is 25.9. The Morgan fingerprint density at radius 3 is 2.65 bits per heavy atom. The van der Waals surface area contributed by atoms with Crippen molar-refractivity contribution in [3.8, 4) is 0 Å². The molecule has 1 aromatic heterocycles. The Hall–Kier alpha value is -2.74. The van der Waals surface area contributed by atoms with Crippen molar-refractivity contribution in [2.45, 2.75) is 70.8 Å². The highest BCUT2D eigenvalue weighted by Crippen LogP contribution is 2.39. The van der Waals surface area contributed by atoms with Crippen LogP contribution in [0.1, 0.15) is 74.5 Å². The van der Waals surface area contributed by atoms with E-state index in [1.165, 1.54) is 12.1 Å². The van der Waals surface area contributed by atoms with Gasteiger partial charge in [-0.15, -0.1) is 0 Å². The van der Waals surface area contributed by atoms with E-state index in [4.69, 9.17) is 11.6 Å². The van der Waals surface area contributed by atoms with Crippen molar-refractivity contribution in [1.82, 2.24) is 14.8 Å². The first-order chi connectivity index (χ1) is 17.9. The summed E-state index contributed by atoms with van der Waals surface area (Å²) in [7, 11) is 0. The van der Waals surface area contributed by atoms with E-state index in [0.717, 1.165) is 31.2 Å². The maximum atomic E-state index is 14.1. The van der Waals surface area contributed by atoms with Crippen LogP contribution in [0.5, 0.6) is 0 Å². The van der Waals surface area contributed by atoms with Gasteiger partial charge in [0.15, 0.2) is 0 Å². The third kappa shape index (κ3) is 5.44. The Kier molecular flexibility index (Phi) is 7.65. The summed E-state index contributed by atoms with van der Waals surface area (Å²) in [5.41, 5.74) is 1.70. The van der Waals surface area contributed by atoms with Gasteiger partial charge in [0.25, 0.3) is 5.56 Å². The lowest BCUT2D eigenvalue weighted by Gasteiger charge is -2.29. The molecule has 5 rings (SSSR count). The maximum Gasteiger partial charge on any atom is 0.260 e. The van der Waals surface area contributed by atoms with Gasteiger partial charge in [-0.05, 0) is 54.3 Å². The van der Waals surface area contributed by atoms with Crippen molar-refractivity contribution in [3.05, 3.63) is 80.5 Å². The van der Waals surface area contributed by atoms with Crippen LogP contribution in [0.4, 0.5) is 4.39 Å². The average Bonchev–Trinajstić information content (AvgIpc) is 3.60. The average molecular weight is 526 g/mol. The van der Waals surface area contributed by atoms with Gasteiger partial charge in [0.05, 0.1) is 17.0 Å². The lowest BCUT2D eigenvalue weighted by Crippen LogP contribution is -2.35. The molecule has 2 aromatic carbocycles. The molecule has 3 aromatic rings. The molecule has 1 saturated heterocycles. The van der Waals surface area contributed by atoms with Crippen LogP contribution in [0.2, 0.25) is 5.02 Å². The summed E-state index contributed by atoms with van der Waals surface area (Å²) in [6.45, 7) is 3.27. The number of aromatic nitrogens is 1. The van der Waals surface area contributed by atoms with Crippen LogP contribution in [0.15, 0.2) is 47.3 Å². The molecule has 2 atom stereocenters. The van der Waals surface area contributed by atoms with Gasteiger partial charge in [0, 0.05) is 36.8 Å². The van der Waals surface area contributed by atoms with Crippen LogP contribution in [0.3, 0.4) is 0 Å². The van der Waals surface area contributed by atoms with Crippen LogP contribution < -0.4 is 10.9 Å². The molecule has 0 spiro atoms. The molecule has 1 saturated carbocycles. The molecule has 1 unspecified atom stereocenters. The summed E-state index contributed by atoms with van der Waals surface area (Å²) < 4.78 is 15.8. The largest absolute Gasteiger partial charge is 0.374 e. The van der Waals surface area contributed by atoms with Gasteiger partial charge in [0.1, 0.15) is 12.0 Å². The standard InChI is InChI=1S/C29H33ClFN3O3/c1-2-13-34-24(17-33-14-5-10-25(33)35)27(21-8-4-9-22(30)26(21)29(34)37)28(36)32-23(15-18-11-12-18)19-6-3-7-20(31)16-19/h3-4,6-9,16,18,23,28,32,36H,2,5,10-15,17H2,1H3/t23-,28?/m0/s1. The van der Waals surface area contributed by atoms with Gasteiger partial charge < -0.3 is 14.6 Å². The number of amides is 1. The molecule has 37 heavy (non-hydrogen) atoms. The van der Waals surface area contributed by atoms with E-state index in [-0.39, 0.29) is 29.9 Å². The fourth-order valence-corrected chi connectivity index (χ4v) is 5.75. The molecule has 2 fully saturated rings. The van der Waals surface area contributed by atoms with Gasteiger partial charge in [0.2, 0.25) is 5.91 Å². The van der Waals surface area contributed by atoms with Crippen LogP contribution >= 0.6 is 11.6 Å². The normalized spacial score (nSPS) is 17.5. The zero-order chi connectivity index (χ0) is 26.1. The summed E-state index contributed by atoms with van der Waals surface area (Å²) >= 11 is 6.53. The topological polar surface area (TPSA) is 74.6 Å². The van der Waals surface area contributed by atoms with E-state index in [1.54, 1.807) is 33.7 Å². The smallest absolute Gasteiger partial charge is 0.260 e. The van der Waals surface area contributed by atoms with E-state index in [2.05, 4.69) is 5.32 Å². The monoisotopic (exact) mass is 525 g/mol. The second-order valence-corrected chi connectivity index (χ2v) is 10.7. The number of nitrogens with one attached hydrogen (secondary N) is 1. The minimum atomic E-state index is -1.16. The number of hydrogen-bond donors (Lipinski definition) is 2. The highest BCUT2D eigenvalue weighted by molar-refractivity contribution is 6.35. The zero-order valence-electron chi connectivity index (χ0n) is 21.1. The fourth-order valence-electron chi connectivity index (χ4n) is 5.50. The quantitative estimate of drug-likeness (QED) is 0.345. The predicted octanol–water partition coefficient (Wildman–Crippen LogP) is 5.45. The Balaban J connectivity index is 1.64. The van der Waals surface area contributed by atoms with Crippen molar-refractivity contribution in [3.63, 3.8) is 0 Å². The van der Waals surface area contributed by atoms with Crippen molar-refractivity contribution in [2.24, 2.45) is 5.92 Å². The molecule has 1 amide bonds. The second kappa shape index (κ2) is 10.9. The molecule has 196 valence electrons. The molecule has 2 aliphatic rings. The number of aliphatic hydroxyl groups is 1. The Labute approximate surface area is 221 Å². The van der Waals surface area contributed by atoms with Crippen LogP contribution in [-0.2, 0) is 17.9 Å². The van der Waals surface area contributed by atoms with Gasteiger partial charge in [-0.1, -0.05) is 55.6 Å². The van der Waals surface area contributed by atoms with Gasteiger partial charge in [-0.3, -0.25) is 14.9 Å². The van der Waals surface area contributed by atoms with Gasteiger partial charge >= 0.3 is 0 Å². The Morgan fingerprint density at radius 2 is 1.97 bits per heavy atom. The number of halogens is 2. The summed E-state index contributed by atoms with van der Waals surface area (Å²) in [5.74, 6) is 0.243. The van der Waals surface area contributed by atoms with Crippen molar-refractivity contribution in [2.75, 3.05) is 6.54 Å². The Bertz CT molecular complexity index is 1370. The number of pyridine rings is 1. The minimum Gasteiger partial charge on any atom is -0.374 e. The van der Waals surface area contributed by atoms with Gasteiger partial charge in [-0.25, -0.2) is 4.39 Å². The highest BCUT2D eigenvalue weighted by atomic mass is 35.5. The number of carbonyl (C=O) groups is 1. The second-order valence-electron chi connectivity index (χ2n) is 10.3. The third-order valence-electron chi connectivity index (χ3n) is 7.51. The lowest BCUT2D eigenvalue weighted by molar-refractivity contribution is -0.128. The molecular formula is C29H33ClFN3O3. The Morgan fingerprint density at radius 1 is 1.19 bits per heavy atom. The maximum absolute atomic E-state index is 14.1. The minimum absolute atomic E-state index is 0.0430. The summed E-state index contributed by atoms with van der Waals surface area (Å²) in [6, 6.07) is 11.4. The summed E-state index contributed by atoms with van der Waals surface area (Å²) in [4.78, 5) is 28.0. The summed E-state index contributed by atoms with van der Waals surface area (Å²) in [5, 5.41) is 16.4. The van der Waals surface area contributed by atoms with Crippen LogP contribution in [0, 0.1) is 11.7 Å². The number of rotatable bonds is 10. The number of carbonyl (C=O) groups excluding carboxylic acids is 1. The van der Waals surface area contributed by atoms with Crippen LogP contribution in [-0.4, -0.2) is 27.0 Å². The fraction of sp³-hybridized carbons (Fsp3) is 0.448. The zero-order valence-corrected chi connectivity index (χ0v) is 21.8. The molecule has 6 nitrogen and oxygen atoms in total. The molecule has 2 heterocycles.